The number of carboxylic acids is 1. The van der Waals surface area contributed by atoms with Gasteiger partial charge in [0.2, 0.25) is 5.91 Å². The van der Waals surface area contributed by atoms with Crippen molar-refractivity contribution in [1.82, 2.24) is 14.9 Å². The molecule has 2 aromatic carbocycles. The van der Waals surface area contributed by atoms with Crippen LogP contribution in [0.1, 0.15) is 29.5 Å². The molecule has 1 fully saturated rings. The molecule has 0 bridgehead atoms. The highest BCUT2D eigenvalue weighted by atomic mass is 19.4. The number of nitrogens with one attached hydrogen (secondary N) is 1. The highest BCUT2D eigenvalue weighted by Crippen LogP contribution is 2.37. The van der Waals surface area contributed by atoms with E-state index in [1.165, 1.54) is 25.4 Å². The van der Waals surface area contributed by atoms with Crippen molar-refractivity contribution in [3.05, 3.63) is 94.0 Å². The van der Waals surface area contributed by atoms with Crippen LogP contribution < -0.4 is 15.8 Å². The lowest BCUT2D eigenvalue weighted by molar-refractivity contribution is -0.142. The molecule has 0 unspecified atom stereocenters. The summed E-state index contributed by atoms with van der Waals surface area (Å²) in [5.41, 5.74) is -1.36. The van der Waals surface area contributed by atoms with Gasteiger partial charge in [-0.1, -0.05) is 30.3 Å². The van der Waals surface area contributed by atoms with Crippen molar-refractivity contribution in [2.45, 2.75) is 37.5 Å². The summed E-state index contributed by atoms with van der Waals surface area (Å²) < 4.78 is 42.8. The number of hydrogen-bond acceptors (Lipinski definition) is 6. The topological polar surface area (TPSA) is 128 Å². The molecule has 0 aliphatic carbocycles. The van der Waals surface area contributed by atoms with Crippen molar-refractivity contribution in [3.8, 4) is 17.3 Å². The summed E-state index contributed by atoms with van der Waals surface area (Å²) in [6.07, 6.45) is -1.55. The van der Waals surface area contributed by atoms with Gasteiger partial charge in [-0.05, 0) is 48.1 Å². The van der Waals surface area contributed by atoms with E-state index < -0.39 is 46.8 Å². The van der Waals surface area contributed by atoms with Crippen LogP contribution in [-0.4, -0.2) is 45.2 Å². The molecule has 1 aliphatic rings. The molecule has 43 heavy (non-hydrogen) atoms. The summed E-state index contributed by atoms with van der Waals surface area (Å²) in [4.78, 5) is 44.6. The fraction of sp³-hybridized carbons (Fsp3) is 0.258. The zero-order chi connectivity index (χ0) is 30.9. The predicted molar refractivity (Wildman–Crippen MR) is 152 cm³/mol. The van der Waals surface area contributed by atoms with Gasteiger partial charge in [-0.2, -0.15) is 18.4 Å². The SMILES string of the molecule is Cn1ccc(C(F)(F)F)c(-c2nccc3c(C[C@H](NC(=O)[C@@H]4CCCN4c4ccccc4C#N)C(=O)O)cccc23)c1=O. The molecule has 1 amide bonds. The number of amides is 1. The largest absolute Gasteiger partial charge is 0.480 e. The maximum atomic E-state index is 13.9. The summed E-state index contributed by atoms with van der Waals surface area (Å²) in [6, 6.07) is 14.0. The van der Waals surface area contributed by atoms with E-state index in [9.17, 15) is 37.9 Å². The van der Waals surface area contributed by atoms with Gasteiger partial charge < -0.3 is 19.9 Å². The normalized spacial score (nSPS) is 15.7. The molecule has 4 aromatic rings. The molecular formula is C31H26F3N5O4. The smallest absolute Gasteiger partial charge is 0.417 e. The first kappa shape index (κ1) is 29.3. The molecule has 9 nitrogen and oxygen atoms in total. The zero-order valence-corrected chi connectivity index (χ0v) is 22.9. The van der Waals surface area contributed by atoms with Crippen LogP contribution in [0.5, 0.6) is 0 Å². The molecule has 2 N–H and O–H groups in total. The minimum Gasteiger partial charge on any atom is -0.480 e. The number of halogens is 3. The number of pyridine rings is 2. The van der Waals surface area contributed by atoms with E-state index in [0.29, 0.717) is 41.6 Å². The van der Waals surface area contributed by atoms with E-state index >= 15 is 0 Å². The van der Waals surface area contributed by atoms with Crippen molar-refractivity contribution in [1.29, 1.82) is 5.26 Å². The number of aryl methyl sites for hydroxylation is 1. The second-order valence-corrected chi connectivity index (χ2v) is 10.3. The van der Waals surface area contributed by atoms with Crippen LogP contribution in [0.15, 0.2) is 71.8 Å². The Morgan fingerprint density at radius 3 is 2.63 bits per heavy atom. The van der Waals surface area contributed by atoms with Crippen molar-refractivity contribution >= 4 is 28.3 Å². The van der Waals surface area contributed by atoms with Gasteiger partial charge >= 0.3 is 12.1 Å². The highest BCUT2D eigenvalue weighted by molar-refractivity contribution is 5.97. The number of alkyl halides is 3. The molecule has 12 heteroatoms. The van der Waals surface area contributed by atoms with Crippen molar-refractivity contribution < 1.29 is 27.9 Å². The first-order valence-electron chi connectivity index (χ1n) is 13.4. The van der Waals surface area contributed by atoms with E-state index in [0.717, 1.165) is 16.8 Å². The molecule has 0 saturated carbocycles. The Labute approximate surface area is 243 Å². The van der Waals surface area contributed by atoms with Gasteiger partial charge in [0.05, 0.1) is 28.1 Å². The molecule has 0 radical (unpaired) electrons. The number of para-hydroxylation sites is 1. The number of rotatable bonds is 7. The van der Waals surface area contributed by atoms with Crippen LogP contribution in [0.3, 0.4) is 0 Å². The number of benzene rings is 2. The highest BCUT2D eigenvalue weighted by Gasteiger charge is 2.37. The zero-order valence-electron chi connectivity index (χ0n) is 22.9. The Balaban J connectivity index is 1.48. The summed E-state index contributed by atoms with van der Waals surface area (Å²) in [5.74, 6) is -1.80. The van der Waals surface area contributed by atoms with E-state index in [4.69, 9.17) is 0 Å². The molecular weight excluding hydrogens is 563 g/mol. The third-order valence-electron chi connectivity index (χ3n) is 7.63. The van der Waals surface area contributed by atoms with Crippen LogP contribution in [0, 0.1) is 11.3 Å². The average molecular weight is 590 g/mol. The minimum absolute atomic E-state index is 0.178. The number of anilines is 1. The van der Waals surface area contributed by atoms with E-state index in [1.54, 1.807) is 41.3 Å². The van der Waals surface area contributed by atoms with Gasteiger partial charge in [-0.15, -0.1) is 0 Å². The molecule has 0 spiro atoms. The standard InChI is InChI=1S/C31H26F3N5O4/c1-38-15-12-22(31(32,33)34)26(29(38)41)27-21-8-4-7-18(20(21)11-13-36-27)16-23(30(42)43)37-28(40)25-10-5-14-39(25)24-9-3-2-6-19(24)17-35/h2-4,6-9,11-13,15,23,25H,5,10,14,16H2,1H3,(H,37,40)(H,42,43)/t23-,25-/m0/s1. The van der Waals surface area contributed by atoms with E-state index in [-0.39, 0.29) is 17.5 Å². The van der Waals surface area contributed by atoms with Crippen LogP contribution in [0.2, 0.25) is 0 Å². The minimum atomic E-state index is -4.81. The molecule has 220 valence electrons. The van der Waals surface area contributed by atoms with Gasteiger partial charge in [-0.3, -0.25) is 14.6 Å². The number of carboxylic acid groups (broad SMARTS) is 1. The van der Waals surface area contributed by atoms with E-state index in [1.807, 2.05) is 0 Å². The first-order chi connectivity index (χ1) is 20.5. The quantitative estimate of drug-likeness (QED) is 0.330. The number of carbonyl (C=O) groups is 2. The first-order valence-corrected chi connectivity index (χ1v) is 13.4. The summed E-state index contributed by atoms with van der Waals surface area (Å²) in [7, 11) is 1.34. The Bertz CT molecular complexity index is 1830. The lowest BCUT2D eigenvalue weighted by Crippen LogP contribution is -2.50. The number of fused-ring (bicyclic) bond motifs is 1. The molecule has 2 aromatic heterocycles. The molecule has 1 aliphatic heterocycles. The maximum absolute atomic E-state index is 13.9. The number of aliphatic carboxylic acids is 1. The Hall–Kier alpha value is -5.18. The van der Waals surface area contributed by atoms with Gasteiger partial charge in [0, 0.05) is 37.8 Å². The Morgan fingerprint density at radius 2 is 1.91 bits per heavy atom. The van der Waals surface area contributed by atoms with Crippen molar-refractivity contribution in [3.63, 3.8) is 0 Å². The lowest BCUT2D eigenvalue weighted by Gasteiger charge is -2.28. The van der Waals surface area contributed by atoms with Crippen molar-refractivity contribution in [2.24, 2.45) is 7.05 Å². The molecule has 3 heterocycles. The summed E-state index contributed by atoms with van der Waals surface area (Å²) in [6.45, 7) is 0.520. The fourth-order valence-corrected chi connectivity index (χ4v) is 5.58. The molecule has 2 atom stereocenters. The second kappa shape index (κ2) is 11.6. The number of hydrogen-bond donors (Lipinski definition) is 2. The van der Waals surface area contributed by atoms with Gasteiger partial charge in [-0.25, -0.2) is 4.79 Å². The number of aromatic nitrogens is 2. The van der Waals surface area contributed by atoms with Gasteiger partial charge in [0.15, 0.2) is 0 Å². The Morgan fingerprint density at radius 1 is 1.14 bits per heavy atom. The third-order valence-corrected chi connectivity index (χ3v) is 7.63. The lowest BCUT2D eigenvalue weighted by atomic mass is 9.95. The average Bonchev–Trinajstić information content (AvgIpc) is 3.47. The van der Waals surface area contributed by atoms with Crippen LogP contribution in [0.25, 0.3) is 22.0 Å². The van der Waals surface area contributed by atoms with Crippen molar-refractivity contribution in [2.75, 3.05) is 11.4 Å². The van der Waals surface area contributed by atoms with Crippen LogP contribution in [-0.2, 0) is 29.2 Å². The molecule has 5 rings (SSSR count). The second-order valence-electron chi connectivity index (χ2n) is 10.3. The third kappa shape index (κ3) is 5.66. The summed E-state index contributed by atoms with van der Waals surface area (Å²) in [5, 5.41) is 22.8. The number of nitriles is 1. The van der Waals surface area contributed by atoms with Gasteiger partial charge in [0.1, 0.15) is 18.2 Å². The fourth-order valence-electron chi connectivity index (χ4n) is 5.58. The number of nitrogens with zero attached hydrogens (tertiary/aromatic N) is 4. The van der Waals surface area contributed by atoms with Crippen LogP contribution >= 0.6 is 0 Å². The Kier molecular flexibility index (Phi) is 7.91. The molecule has 1 saturated heterocycles. The monoisotopic (exact) mass is 589 g/mol. The summed E-state index contributed by atoms with van der Waals surface area (Å²) >= 11 is 0. The van der Waals surface area contributed by atoms with Crippen LogP contribution in [0.4, 0.5) is 18.9 Å². The maximum Gasteiger partial charge on any atom is 0.417 e. The van der Waals surface area contributed by atoms with E-state index in [2.05, 4.69) is 16.4 Å². The number of carbonyl (C=O) groups excluding carboxylic acids is 1. The predicted octanol–water partition coefficient (Wildman–Crippen LogP) is 4.27. The van der Waals surface area contributed by atoms with Gasteiger partial charge in [0.25, 0.3) is 5.56 Å².